The summed E-state index contributed by atoms with van der Waals surface area (Å²) in [5.41, 5.74) is 10.0. The van der Waals surface area contributed by atoms with E-state index in [1.807, 2.05) is 115 Å². The maximum atomic E-state index is 9.81. The predicted octanol–water partition coefficient (Wildman–Crippen LogP) is 19.2. The molecule has 0 bridgehead atoms. The lowest BCUT2D eigenvalue weighted by molar-refractivity contribution is 0.461. The molecule has 0 radical (unpaired) electrons. The summed E-state index contributed by atoms with van der Waals surface area (Å²) in [4.78, 5) is 0. The molecule has 356 valence electrons. The van der Waals surface area contributed by atoms with Gasteiger partial charge < -0.3 is 28.3 Å². The standard InChI is InChI=1S/C42H28N2O2.C18H13NO.C6H4Br2/c1-3-12-29(13-4-1)43-39-20-9-7-18-35(39)37-24-22-33(27-41(37)43)45-31-16-11-17-32(26-31)46-34-23-25-38-36-19-8-10-21-40(36)44(42(38)28-34)30-14-5-2-6-15-30;20-14-10-11-16-15-8-4-5-9-17(15)19(18(16)12-14)13-6-2-1-3-7-13;7-5-2-1-3-6(8)4-5/h1-28H;1-12,20H;1-4H. The Balaban J connectivity index is 0.000000162. The monoisotopic (exact) mass is 1090 g/mol. The number of hydrogen-bond donors (Lipinski definition) is 1. The third-order valence-corrected chi connectivity index (χ3v) is 14.0. The molecule has 6 nitrogen and oxygen atoms in total. The molecule has 0 atom stereocenters. The molecule has 3 heterocycles. The topological polar surface area (TPSA) is 53.5 Å². The number of ether oxygens (including phenoxy) is 2. The number of nitrogens with zero attached hydrogens (tertiary/aromatic N) is 3. The van der Waals surface area contributed by atoms with Gasteiger partial charge in [-0.15, -0.1) is 0 Å². The van der Waals surface area contributed by atoms with E-state index in [4.69, 9.17) is 9.47 Å². The normalized spacial score (nSPS) is 11.2. The number of benzene rings is 11. The lowest BCUT2D eigenvalue weighted by Gasteiger charge is -2.12. The Hall–Kier alpha value is -8.82. The van der Waals surface area contributed by atoms with Gasteiger partial charge in [0.25, 0.3) is 0 Å². The molecular formula is C66H45Br2N3O3. The summed E-state index contributed by atoms with van der Waals surface area (Å²) >= 11 is 6.66. The van der Waals surface area contributed by atoms with Gasteiger partial charge in [0, 0.05) is 82.6 Å². The van der Waals surface area contributed by atoms with E-state index in [0.717, 1.165) is 65.0 Å². The van der Waals surface area contributed by atoms with Gasteiger partial charge in [-0.05, 0) is 121 Å². The molecule has 0 fully saturated rings. The molecule has 0 saturated carbocycles. The molecule has 0 spiro atoms. The molecule has 0 unspecified atom stereocenters. The largest absolute Gasteiger partial charge is 0.508 e. The van der Waals surface area contributed by atoms with Gasteiger partial charge in [0.1, 0.15) is 28.7 Å². The minimum Gasteiger partial charge on any atom is -0.508 e. The van der Waals surface area contributed by atoms with Crippen molar-refractivity contribution in [1.82, 2.24) is 13.7 Å². The number of aromatic hydroxyl groups is 1. The van der Waals surface area contributed by atoms with Crippen molar-refractivity contribution < 1.29 is 14.6 Å². The maximum absolute atomic E-state index is 9.81. The number of hydrogen-bond acceptors (Lipinski definition) is 3. The third-order valence-electron chi connectivity index (χ3n) is 13.1. The van der Waals surface area contributed by atoms with Gasteiger partial charge in [-0.25, -0.2) is 0 Å². The second-order valence-electron chi connectivity index (χ2n) is 17.7. The van der Waals surface area contributed by atoms with Crippen LogP contribution in [0, 0.1) is 0 Å². The average molecular weight is 1090 g/mol. The van der Waals surface area contributed by atoms with Gasteiger partial charge in [0.2, 0.25) is 0 Å². The second kappa shape index (κ2) is 20.4. The number of phenols is 1. The number of rotatable bonds is 7. The summed E-state index contributed by atoms with van der Waals surface area (Å²) in [7, 11) is 0. The van der Waals surface area contributed by atoms with Gasteiger partial charge >= 0.3 is 0 Å². The van der Waals surface area contributed by atoms with Crippen LogP contribution in [0.4, 0.5) is 0 Å². The molecular weight excluding hydrogens is 1040 g/mol. The highest BCUT2D eigenvalue weighted by atomic mass is 79.9. The Morgan fingerprint density at radius 3 is 0.973 bits per heavy atom. The molecule has 74 heavy (non-hydrogen) atoms. The van der Waals surface area contributed by atoms with E-state index in [2.05, 4.69) is 191 Å². The molecule has 0 amide bonds. The third kappa shape index (κ3) is 9.17. The summed E-state index contributed by atoms with van der Waals surface area (Å²) in [6, 6.07) is 90.4. The first-order valence-corrected chi connectivity index (χ1v) is 25.8. The predicted molar refractivity (Wildman–Crippen MR) is 312 cm³/mol. The highest BCUT2D eigenvalue weighted by molar-refractivity contribution is 9.11. The minimum absolute atomic E-state index is 0.289. The van der Waals surface area contributed by atoms with Crippen molar-refractivity contribution in [3.05, 3.63) is 276 Å². The molecule has 3 aromatic heterocycles. The van der Waals surface area contributed by atoms with Crippen LogP contribution >= 0.6 is 31.9 Å². The summed E-state index contributed by atoms with van der Waals surface area (Å²) < 4.78 is 21.9. The van der Waals surface area contributed by atoms with Crippen molar-refractivity contribution in [2.24, 2.45) is 0 Å². The second-order valence-corrected chi connectivity index (χ2v) is 19.6. The summed E-state index contributed by atoms with van der Waals surface area (Å²) in [6.07, 6.45) is 0. The average Bonchev–Trinajstić information content (AvgIpc) is 4.07. The van der Waals surface area contributed by atoms with E-state index in [1.54, 1.807) is 6.07 Å². The van der Waals surface area contributed by atoms with Crippen LogP contribution in [0.15, 0.2) is 276 Å². The van der Waals surface area contributed by atoms with Gasteiger partial charge in [-0.3, -0.25) is 0 Å². The van der Waals surface area contributed by atoms with Gasteiger partial charge in [0.05, 0.1) is 33.1 Å². The van der Waals surface area contributed by atoms with Crippen molar-refractivity contribution >= 4 is 97.3 Å². The molecule has 8 heteroatoms. The van der Waals surface area contributed by atoms with Crippen LogP contribution in [0.25, 0.3) is 82.5 Å². The Kier molecular flexibility index (Phi) is 12.7. The first kappa shape index (κ1) is 46.3. The van der Waals surface area contributed by atoms with Crippen LogP contribution in [0.1, 0.15) is 0 Å². The summed E-state index contributed by atoms with van der Waals surface area (Å²) in [6.45, 7) is 0. The Labute approximate surface area is 444 Å². The van der Waals surface area contributed by atoms with Crippen LogP contribution in [-0.2, 0) is 0 Å². The number of halogens is 2. The first-order chi connectivity index (χ1) is 36.4. The van der Waals surface area contributed by atoms with Crippen LogP contribution < -0.4 is 9.47 Å². The number of para-hydroxylation sites is 6. The van der Waals surface area contributed by atoms with E-state index in [-0.39, 0.29) is 5.75 Å². The molecule has 14 aromatic rings. The maximum Gasteiger partial charge on any atom is 0.131 e. The molecule has 0 saturated heterocycles. The van der Waals surface area contributed by atoms with Crippen molar-refractivity contribution in [2.45, 2.75) is 0 Å². The fraction of sp³-hybridized carbons (Fsp3) is 0. The Bertz CT molecular complexity index is 4110. The first-order valence-electron chi connectivity index (χ1n) is 24.3. The van der Waals surface area contributed by atoms with Crippen LogP contribution in [0.5, 0.6) is 28.7 Å². The molecule has 0 aliphatic rings. The lowest BCUT2D eigenvalue weighted by atomic mass is 10.1. The molecule has 1 N–H and O–H groups in total. The number of fused-ring (bicyclic) bond motifs is 9. The zero-order valence-electron chi connectivity index (χ0n) is 39.8. The fourth-order valence-electron chi connectivity index (χ4n) is 9.89. The molecule has 11 aromatic carbocycles. The van der Waals surface area contributed by atoms with Crippen LogP contribution in [0.2, 0.25) is 0 Å². The highest BCUT2D eigenvalue weighted by Crippen LogP contribution is 2.39. The Morgan fingerprint density at radius 1 is 0.257 bits per heavy atom. The van der Waals surface area contributed by atoms with Gasteiger partial charge in [0.15, 0.2) is 0 Å². The van der Waals surface area contributed by atoms with Crippen molar-refractivity contribution in [3.63, 3.8) is 0 Å². The zero-order valence-corrected chi connectivity index (χ0v) is 42.9. The number of phenolic OH excluding ortho intramolecular Hbond substituents is 1. The van der Waals surface area contributed by atoms with E-state index in [1.165, 1.54) is 38.0 Å². The Morgan fingerprint density at radius 2 is 0.581 bits per heavy atom. The van der Waals surface area contributed by atoms with E-state index >= 15 is 0 Å². The highest BCUT2D eigenvalue weighted by Gasteiger charge is 2.16. The van der Waals surface area contributed by atoms with E-state index < -0.39 is 0 Å². The minimum atomic E-state index is 0.289. The quantitative estimate of drug-likeness (QED) is 0.173. The van der Waals surface area contributed by atoms with Gasteiger partial charge in [-0.1, -0.05) is 153 Å². The number of aromatic nitrogens is 3. The van der Waals surface area contributed by atoms with Gasteiger partial charge in [-0.2, -0.15) is 0 Å². The van der Waals surface area contributed by atoms with Crippen molar-refractivity contribution in [1.29, 1.82) is 0 Å². The molecule has 14 rings (SSSR count). The summed E-state index contributed by atoms with van der Waals surface area (Å²) in [5.74, 6) is 3.23. The SMILES string of the molecule is Brc1cccc(Br)c1.Oc1ccc2c3ccccc3n(-c3ccccc3)c2c1.c1ccc(-n2c3ccccc3c3ccc(Oc4cccc(Oc5ccc6c7ccccc7n(-c7ccccc7)c6c5)c4)cc32)cc1. The fourth-order valence-corrected chi connectivity index (χ4v) is 11.0. The summed E-state index contributed by atoms with van der Waals surface area (Å²) in [5, 5.41) is 17.0. The lowest BCUT2D eigenvalue weighted by Crippen LogP contribution is -1.94. The van der Waals surface area contributed by atoms with E-state index in [9.17, 15) is 5.11 Å². The van der Waals surface area contributed by atoms with Crippen LogP contribution in [0.3, 0.4) is 0 Å². The smallest absolute Gasteiger partial charge is 0.131 e. The van der Waals surface area contributed by atoms with E-state index in [0.29, 0.717) is 11.5 Å². The van der Waals surface area contributed by atoms with Crippen molar-refractivity contribution in [3.8, 4) is 45.8 Å². The molecule has 0 aliphatic carbocycles. The van der Waals surface area contributed by atoms with Crippen LogP contribution in [-0.4, -0.2) is 18.8 Å². The van der Waals surface area contributed by atoms with Crippen molar-refractivity contribution in [2.75, 3.05) is 0 Å². The zero-order chi connectivity index (χ0) is 50.0. The molecule has 0 aliphatic heterocycles.